The quantitative estimate of drug-likeness (QED) is 0.414. The number of carbonyl (C=O) groups excluding carboxylic acids is 1. The van der Waals surface area contributed by atoms with Crippen LogP contribution in [0.3, 0.4) is 0 Å². The molecule has 0 radical (unpaired) electrons. The largest absolute Gasteiger partial charge is 0.463 e. The fourth-order valence-corrected chi connectivity index (χ4v) is 5.63. The van der Waals surface area contributed by atoms with E-state index in [9.17, 15) is 13.2 Å². The lowest BCUT2D eigenvalue weighted by atomic mass is 9.94. The topological polar surface area (TPSA) is 78.9 Å². The molecule has 1 saturated heterocycles. The molecule has 2 bridgehead atoms. The van der Waals surface area contributed by atoms with Crippen molar-refractivity contribution in [2.75, 3.05) is 13.2 Å². The van der Waals surface area contributed by atoms with Crippen LogP contribution in [0, 0.1) is 17.8 Å². The normalized spacial score (nSPS) is 40.4. The SMILES string of the molecule is CCC(C)C(=O)OCCOC1C2CC3C(C2)S(=O)(=O)O[C@H]31. The Morgan fingerprint density at radius 3 is 2.81 bits per heavy atom. The maximum Gasteiger partial charge on any atom is 0.308 e. The molecule has 0 aromatic heterocycles. The van der Waals surface area contributed by atoms with Gasteiger partial charge in [0.2, 0.25) is 0 Å². The molecule has 7 heteroatoms. The van der Waals surface area contributed by atoms with Gasteiger partial charge in [0.05, 0.1) is 23.9 Å². The van der Waals surface area contributed by atoms with Crippen molar-refractivity contribution >= 4 is 16.1 Å². The van der Waals surface area contributed by atoms with Crippen LogP contribution in [0.5, 0.6) is 0 Å². The summed E-state index contributed by atoms with van der Waals surface area (Å²) in [4.78, 5) is 11.5. The average molecular weight is 318 g/mol. The summed E-state index contributed by atoms with van der Waals surface area (Å²) in [6, 6.07) is 0. The van der Waals surface area contributed by atoms with E-state index in [0.29, 0.717) is 13.0 Å². The first-order valence-corrected chi connectivity index (χ1v) is 9.11. The summed E-state index contributed by atoms with van der Waals surface area (Å²) in [6.45, 7) is 4.27. The van der Waals surface area contributed by atoms with E-state index in [-0.39, 0.29) is 47.8 Å². The predicted molar refractivity (Wildman–Crippen MR) is 73.9 cm³/mol. The standard InChI is InChI=1S/C14H22O6S/c1-3-8(2)14(15)19-5-4-18-12-9-6-10-11(7-9)21(16,17)20-13(10)12/h8-13H,3-7H2,1-2H3/t8?,9?,10?,11?,12?,13-/m1/s1. The minimum atomic E-state index is -3.39. The summed E-state index contributed by atoms with van der Waals surface area (Å²) in [5, 5.41) is -0.324. The third kappa shape index (κ3) is 2.59. The summed E-state index contributed by atoms with van der Waals surface area (Å²) in [5.74, 6) is 0.0329. The predicted octanol–water partition coefficient (Wildman–Crippen LogP) is 1.10. The van der Waals surface area contributed by atoms with Gasteiger partial charge in [0.15, 0.2) is 0 Å². The van der Waals surface area contributed by atoms with Crippen molar-refractivity contribution < 1.29 is 26.9 Å². The fraction of sp³-hybridized carbons (Fsp3) is 0.929. The highest BCUT2D eigenvalue weighted by atomic mass is 32.2. The number of rotatable bonds is 6. The molecule has 2 aliphatic carbocycles. The Morgan fingerprint density at radius 1 is 1.33 bits per heavy atom. The van der Waals surface area contributed by atoms with Crippen LogP contribution in [-0.4, -0.2) is 45.1 Å². The van der Waals surface area contributed by atoms with Crippen LogP contribution in [0.15, 0.2) is 0 Å². The van der Waals surface area contributed by atoms with E-state index in [4.69, 9.17) is 13.7 Å². The number of carbonyl (C=O) groups is 1. The van der Waals surface area contributed by atoms with Gasteiger partial charge in [-0.15, -0.1) is 0 Å². The number of ether oxygens (including phenoxy) is 2. The van der Waals surface area contributed by atoms with Crippen molar-refractivity contribution in [3.05, 3.63) is 0 Å². The van der Waals surface area contributed by atoms with Gasteiger partial charge >= 0.3 is 5.97 Å². The lowest BCUT2D eigenvalue weighted by molar-refractivity contribution is -0.151. The third-order valence-electron chi connectivity index (χ3n) is 5.07. The maximum atomic E-state index is 11.8. The zero-order valence-electron chi connectivity index (χ0n) is 12.4. The highest BCUT2D eigenvalue weighted by Crippen LogP contribution is 2.55. The van der Waals surface area contributed by atoms with Crippen molar-refractivity contribution in [3.63, 3.8) is 0 Å². The lowest BCUT2D eigenvalue weighted by Crippen LogP contribution is -2.36. The molecule has 2 saturated carbocycles. The van der Waals surface area contributed by atoms with Crippen molar-refractivity contribution in [1.82, 2.24) is 0 Å². The first-order chi connectivity index (χ1) is 9.94. The van der Waals surface area contributed by atoms with Crippen molar-refractivity contribution in [2.24, 2.45) is 17.8 Å². The van der Waals surface area contributed by atoms with Gasteiger partial charge in [0.1, 0.15) is 12.7 Å². The molecule has 0 spiro atoms. The molecular formula is C14H22O6S. The van der Waals surface area contributed by atoms with Crippen molar-refractivity contribution in [2.45, 2.75) is 50.6 Å². The van der Waals surface area contributed by atoms with Crippen LogP contribution < -0.4 is 0 Å². The molecule has 3 fully saturated rings. The molecule has 6 nitrogen and oxygen atoms in total. The van der Waals surface area contributed by atoms with E-state index >= 15 is 0 Å². The van der Waals surface area contributed by atoms with Crippen LogP contribution in [-0.2, 0) is 28.6 Å². The summed E-state index contributed by atoms with van der Waals surface area (Å²) in [6.07, 6.45) is 1.75. The monoisotopic (exact) mass is 318 g/mol. The smallest absolute Gasteiger partial charge is 0.308 e. The van der Waals surface area contributed by atoms with Crippen LogP contribution in [0.1, 0.15) is 33.1 Å². The van der Waals surface area contributed by atoms with E-state index in [2.05, 4.69) is 0 Å². The van der Waals surface area contributed by atoms with E-state index in [1.807, 2.05) is 13.8 Å². The van der Waals surface area contributed by atoms with Gasteiger partial charge in [0, 0.05) is 5.92 Å². The van der Waals surface area contributed by atoms with E-state index < -0.39 is 10.1 Å². The van der Waals surface area contributed by atoms with Gasteiger partial charge in [-0.3, -0.25) is 8.98 Å². The maximum absolute atomic E-state index is 11.8. The molecule has 6 atom stereocenters. The Balaban J connectivity index is 1.47. The van der Waals surface area contributed by atoms with Gasteiger partial charge < -0.3 is 9.47 Å². The van der Waals surface area contributed by atoms with Crippen LogP contribution in [0.25, 0.3) is 0 Å². The van der Waals surface area contributed by atoms with Gasteiger partial charge in [-0.1, -0.05) is 13.8 Å². The van der Waals surface area contributed by atoms with Crippen molar-refractivity contribution in [1.29, 1.82) is 0 Å². The first-order valence-electron chi connectivity index (χ1n) is 7.64. The van der Waals surface area contributed by atoms with E-state index in [1.165, 1.54) is 0 Å². The minimum Gasteiger partial charge on any atom is -0.463 e. The minimum absolute atomic E-state index is 0.0904. The van der Waals surface area contributed by atoms with Gasteiger partial charge in [-0.2, -0.15) is 8.42 Å². The second kappa shape index (κ2) is 5.52. The van der Waals surface area contributed by atoms with Gasteiger partial charge in [0.25, 0.3) is 10.1 Å². The molecule has 120 valence electrons. The molecule has 21 heavy (non-hydrogen) atoms. The first kappa shape index (κ1) is 15.2. The second-order valence-corrected chi connectivity index (χ2v) is 8.08. The number of fused-ring (bicyclic) bond motifs is 1. The molecule has 0 N–H and O–H groups in total. The highest BCUT2D eigenvalue weighted by molar-refractivity contribution is 7.87. The number of hydrogen-bond acceptors (Lipinski definition) is 6. The Bertz CT molecular complexity index is 516. The molecule has 5 unspecified atom stereocenters. The van der Waals surface area contributed by atoms with E-state index in [0.717, 1.165) is 12.8 Å². The van der Waals surface area contributed by atoms with Gasteiger partial charge in [-0.05, 0) is 25.2 Å². The summed E-state index contributed by atoms with van der Waals surface area (Å²) in [5.41, 5.74) is 0. The zero-order valence-corrected chi connectivity index (χ0v) is 13.2. The van der Waals surface area contributed by atoms with Crippen LogP contribution >= 0.6 is 0 Å². The molecule has 3 rings (SSSR count). The number of esters is 1. The molecule has 1 aliphatic heterocycles. The molecule has 1 heterocycles. The zero-order chi connectivity index (χ0) is 15.2. The summed E-state index contributed by atoms with van der Waals surface area (Å²) < 4.78 is 39.7. The van der Waals surface area contributed by atoms with E-state index in [1.54, 1.807) is 0 Å². The highest BCUT2D eigenvalue weighted by Gasteiger charge is 2.64. The molecular weight excluding hydrogens is 296 g/mol. The molecule has 0 amide bonds. The Hall–Kier alpha value is -0.660. The summed E-state index contributed by atoms with van der Waals surface area (Å²) >= 11 is 0. The molecule has 0 aromatic rings. The third-order valence-corrected chi connectivity index (χ3v) is 6.84. The number of hydrogen-bond donors (Lipinski definition) is 0. The van der Waals surface area contributed by atoms with Crippen LogP contribution in [0.4, 0.5) is 0 Å². The Labute approximate surface area is 125 Å². The molecule has 3 aliphatic rings. The Kier molecular flexibility index (Phi) is 4.00. The second-order valence-electron chi connectivity index (χ2n) is 6.30. The van der Waals surface area contributed by atoms with Crippen LogP contribution in [0.2, 0.25) is 0 Å². The van der Waals surface area contributed by atoms with Gasteiger partial charge in [-0.25, -0.2) is 0 Å². The average Bonchev–Trinajstić information content (AvgIpc) is 3.05. The lowest BCUT2D eigenvalue weighted by Gasteiger charge is -2.25. The molecule has 0 aromatic carbocycles. The summed E-state index contributed by atoms with van der Waals surface area (Å²) in [7, 11) is -3.39. The Morgan fingerprint density at radius 2 is 2.10 bits per heavy atom. The fourth-order valence-electron chi connectivity index (χ4n) is 3.75. The van der Waals surface area contributed by atoms with Crippen molar-refractivity contribution in [3.8, 4) is 0 Å².